The van der Waals surface area contributed by atoms with Crippen LogP contribution >= 0.6 is 0 Å². The summed E-state index contributed by atoms with van der Waals surface area (Å²) in [5, 5.41) is 21.4. The van der Waals surface area contributed by atoms with Crippen LogP contribution in [0.4, 0.5) is 0 Å². The number of aromatic amines is 1. The summed E-state index contributed by atoms with van der Waals surface area (Å²) in [5.74, 6) is 0.527. The van der Waals surface area contributed by atoms with Gasteiger partial charge in [0.2, 0.25) is 0 Å². The second-order valence-electron chi connectivity index (χ2n) is 7.24. The third-order valence-electron chi connectivity index (χ3n) is 5.52. The van der Waals surface area contributed by atoms with Gasteiger partial charge in [0.1, 0.15) is 11.2 Å². The maximum Gasteiger partial charge on any atom is 0.287 e. The fourth-order valence-electron chi connectivity index (χ4n) is 4.16. The average molecular weight is 375 g/mol. The molecule has 0 spiro atoms. The number of carbonyl (C=O) groups excluding carboxylic acids is 1. The molecule has 1 saturated carbocycles. The first kappa shape index (κ1) is 18.0. The largest absolute Gasteiger partial charge is 0.348 e. The summed E-state index contributed by atoms with van der Waals surface area (Å²) >= 11 is 0. The maximum absolute atomic E-state index is 12.8. The average Bonchev–Trinajstić information content (AvgIpc) is 3.33. The molecule has 1 fully saturated rings. The topological polar surface area (TPSA) is 123 Å². The van der Waals surface area contributed by atoms with Gasteiger partial charge in [0.15, 0.2) is 5.82 Å². The van der Waals surface area contributed by atoms with Crippen molar-refractivity contribution >= 4 is 28.0 Å². The van der Waals surface area contributed by atoms with E-state index in [0.29, 0.717) is 30.2 Å². The number of H-pyrrole nitrogens is 1. The monoisotopic (exact) mass is 375 g/mol. The van der Waals surface area contributed by atoms with Crippen LogP contribution in [0, 0.1) is 28.6 Å². The molecule has 1 amide bonds. The minimum absolute atomic E-state index is 0.150. The lowest BCUT2D eigenvalue weighted by atomic mass is 9.84. The van der Waals surface area contributed by atoms with Gasteiger partial charge in [0.05, 0.1) is 30.3 Å². The Balaban J connectivity index is 1.76. The van der Waals surface area contributed by atoms with E-state index in [1.54, 1.807) is 6.20 Å². The van der Waals surface area contributed by atoms with Gasteiger partial charge in [0, 0.05) is 30.6 Å². The van der Waals surface area contributed by atoms with Crippen molar-refractivity contribution in [3.8, 4) is 12.1 Å². The highest BCUT2D eigenvalue weighted by Gasteiger charge is 2.29. The van der Waals surface area contributed by atoms with E-state index in [2.05, 4.69) is 30.9 Å². The lowest BCUT2D eigenvalue weighted by molar-refractivity contribution is 0.0935. The molecule has 4 rings (SSSR count). The van der Waals surface area contributed by atoms with E-state index in [1.165, 1.54) is 0 Å². The van der Waals surface area contributed by atoms with Gasteiger partial charge in [-0.05, 0) is 37.7 Å². The molecule has 8 heteroatoms. The van der Waals surface area contributed by atoms with Crippen molar-refractivity contribution in [3.63, 3.8) is 0 Å². The Morgan fingerprint density at radius 1 is 1.29 bits per heavy atom. The van der Waals surface area contributed by atoms with E-state index >= 15 is 0 Å². The van der Waals surface area contributed by atoms with Gasteiger partial charge in [-0.1, -0.05) is 0 Å². The van der Waals surface area contributed by atoms with E-state index in [1.807, 2.05) is 18.3 Å². The molecule has 3 heterocycles. The van der Waals surface area contributed by atoms with E-state index in [9.17, 15) is 4.79 Å². The number of hydrogen-bond acceptors (Lipinski definition) is 5. The second kappa shape index (κ2) is 7.69. The van der Waals surface area contributed by atoms with Crippen LogP contribution in [0.5, 0.6) is 0 Å². The van der Waals surface area contributed by atoms with Gasteiger partial charge in [-0.25, -0.2) is 9.97 Å². The Bertz CT molecular complexity index is 1090. The molecule has 0 unspecified atom stereocenters. The molecule has 1 aliphatic carbocycles. The Kier molecular flexibility index (Phi) is 4.94. The van der Waals surface area contributed by atoms with Crippen molar-refractivity contribution in [1.29, 1.82) is 10.5 Å². The van der Waals surface area contributed by atoms with E-state index in [0.717, 1.165) is 42.2 Å². The number of carbonyl (C=O) groups is 1. The molecule has 3 aromatic heterocycles. The Hall–Kier alpha value is -3.39. The number of amides is 1. The van der Waals surface area contributed by atoms with Crippen LogP contribution in [0.2, 0.25) is 0 Å². The molecular formula is C20H21N7O. The summed E-state index contributed by atoms with van der Waals surface area (Å²) in [7, 11) is 0. The molecule has 2 N–H and O–H groups in total. The van der Waals surface area contributed by atoms with Crippen LogP contribution in [0.25, 0.3) is 22.1 Å². The Morgan fingerprint density at radius 3 is 2.86 bits per heavy atom. The van der Waals surface area contributed by atoms with E-state index in [-0.39, 0.29) is 18.4 Å². The Labute approximate surface area is 162 Å². The molecule has 0 bridgehead atoms. The minimum atomic E-state index is -0.269. The first-order valence-corrected chi connectivity index (χ1v) is 9.59. The number of aromatic nitrogens is 4. The lowest BCUT2D eigenvalue weighted by Gasteiger charge is -2.29. The number of imidazole rings is 1. The molecule has 0 radical (unpaired) electrons. The third kappa shape index (κ3) is 3.18. The number of rotatable bonds is 5. The molecular weight excluding hydrogens is 354 g/mol. The summed E-state index contributed by atoms with van der Waals surface area (Å²) in [6.07, 6.45) is 8.13. The molecule has 3 aromatic rings. The number of fused-ring (bicyclic) bond motifs is 3. The molecule has 28 heavy (non-hydrogen) atoms. The predicted molar refractivity (Wildman–Crippen MR) is 103 cm³/mol. The zero-order chi connectivity index (χ0) is 19.5. The number of nitrogens with one attached hydrogen (secondary N) is 2. The smallest absolute Gasteiger partial charge is 0.287 e. The number of pyridine rings is 1. The van der Waals surface area contributed by atoms with Crippen molar-refractivity contribution < 1.29 is 4.79 Å². The summed E-state index contributed by atoms with van der Waals surface area (Å²) < 4.78 is 2.05. The summed E-state index contributed by atoms with van der Waals surface area (Å²) in [4.78, 5) is 24.9. The first-order valence-electron chi connectivity index (χ1n) is 9.59. The van der Waals surface area contributed by atoms with Crippen molar-refractivity contribution in [2.75, 3.05) is 6.54 Å². The highest BCUT2D eigenvalue weighted by atomic mass is 16.2. The number of nitriles is 2. The lowest BCUT2D eigenvalue weighted by Crippen LogP contribution is -2.29. The molecule has 0 aromatic carbocycles. The van der Waals surface area contributed by atoms with Crippen LogP contribution in [0.3, 0.4) is 0 Å². The Morgan fingerprint density at radius 2 is 2.11 bits per heavy atom. The summed E-state index contributed by atoms with van der Waals surface area (Å²) in [6.45, 7) is 0.297. The van der Waals surface area contributed by atoms with Crippen molar-refractivity contribution in [2.45, 2.75) is 44.6 Å². The number of nitrogens with zero attached hydrogens (tertiary/aromatic N) is 5. The molecule has 0 aliphatic heterocycles. The van der Waals surface area contributed by atoms with Gasteiger partial charge in [-0.15, -0.1) is 0 Å². The molecule has 1 aliphatic rings. The SMILES string of the molecule is N#CCCNC(=O)c1nc2cnc3[nH]ccc3c2n1C1CCC(CC#N)CC1. The summed E-state index contributed by atoms with van der Waals surface area (Å²) in [6, 6.07) is 6.42. The zero-order valence-corrected chi connectivity index (χ0v) is 15.5. The standard InChI is InChI=1S/C20H21N7O/c21-8-1-10-24-20(28)19-26-16-12-25-18-15(7-11-23-18)17(16)27(19)14-4-2-13(3-5-14)6-9-22/h7,11-14H,1-6,10H2,(H,23,25)(H,24,28). The van der Waals surface area contributed by atoms with Crippen LogP contribution in [-0.2, 0) is 0 Å². The van der Waals surface area contributed by atoms with E-state index < -0.39 is 0 Å². The highest BCUT2D eigenvalue weighted by Crippen LogP contribution is 2.37. The van der Waals surface area contributed by atoms with Gasteiger partial charge < -0.3 is 14.9 Å². The van der Waals surface area contributed by atoms with Crippen LogP contribution in [-0.4, -0.2) is 32.0 Å². The molecule has 0 atom stereocenters. The molecule has 0 saturated heterocycles. The quantitative estimate of drug-likeness (QED) is 0.663. The highest BCUT2D eigenvalue weighted by molar-refractivity contribution is 6.04. The molecule has 8 nitrogen and oxygen atoms in total. The van der Waals surface area contributed by atoms with Crippen molar-refractivity contribution in [1.82, 2.24) is 24.8 Å². The van der Waals surface area contributed by atoms with Gasteiger partial charge in [-0.2, -0.15) is 10.5 Å². The van der Waals surface area contributed by atoms with Crippen LogP contribution in [0.15, 0.2) is 18.5 Å². The fourth-order valence-corrected chi connectivity index (χ4v) is 4.16. The van der Waals surface area contributed by atoms with Crippen molar-refractivity contribution in [2.24, 2.45) is 5.92 Å². The number of hydrogen-bond donors (Lipinski definition) is 2. The second-order valence-corrected chi connectivity index (χ2v) is 7.24. The van der Waals surface area contributed by atoms with E-state index in [4.69, 9.17) is 10.5 Å². The molecule has 142 valence electrons. The van der Waals surface area contributed by atoms with Gasteiger partial charge in [-0.3, -0.25) is 4.79 Å². The maximum atomic E-state index is 12.8. The third-order valence-corrected chi connectivity index (χ3v) is 5.52. The minimum Gasteiger partial charge on any atom is -0.348 e. The van der Waals surface area contributed by atoms with Crippen LogP contribution < -0.4 is 5.32 Å². The van der Waals surface area contributed by atoms with Gasteiger partial charge >= 0.3 is 0 Å². The fraction of sp³-hybridized carbons (Fsp3) is 0.450. The predicted octanol–water partition coefficient (Wildman–Crippen LogP) is 3.20. The normalized spacial score (nSPS) is 19.4. The van der Waals surface area contributed by atoms with Crippen LogP contribution in [0.1, 0.15) is 55.2 Å². The van der Waals surface area contributed by atoms with Gasteiger partial charge in [0.25, 0.3) is 5.91 Å². The zero-order valence-electron chi connectivity index (χ0n) is 15.5. The summed E-state index contributed by atoms with van der Waals surface area (Å²) in [5.41, 5.74) is 2.38. The first-order chi connectivity index (χ1) is 13.7. The van der Waals surface area contributed by atoms with Crippen molar-refractivity contribution in [3.05, 3.63) is 24.3 Å².